The van der Waals surface area contributed by atoms with Gasteiger partial charge in [0.05, 0.1) is 6.04 Å². The molecule has 18 heavy (non-hydrogen) atoms. The predicted octanol–water partition coefficient (Wildman–Crippen LogP) is 2.81. The first kappa shape index (κ1) is 13.1. The standard InChI is InChI=1S/C15H22N2O/c1-10(2)12-7-4-6-11(3)14(12)17-15(18)13-8-5-9-16-13/h4,6-7,10,13,16H,5,8-9H2,1-3H3,(H,17,18). The summed E-state index contributed by atoms with van der Waals surface area (Å²) in [6.45, 7) is 7.29. The fourth-order valence-electron chi connectivity index (χ4n) is 2.46. The van der Waals surface area contributed by atoms with E-state index in [9.17, 15) is 4.79 Å². The average Bonchev–Trinajstić information content (AvgIpc) is 2.85. The van der Waals surface area contributed by atoms with Gasteiger partial charge >= 0.3 is 0 Å². The second-order valence-corrected chi connectivity index (χ2v) is 5.33. The molecule has 0 saturated carbocycles. The van der Waals surface area contributed by atoms with Crippen LogP contribution < -0.4 is 10.6 Å². The molecule has 1 unspecified atom stereocenters. The summed E-state index contributed by atoms with van der Waals surface area (Å²) in [5, 5.41) is 6.33. The van der Waals surface area contributed by atoms with Crippen LogP contribution in [0.1, 0.15) is 43.7 Å². The minimum atomic E-state index is -0.0235. The third-order valence-corrected chi connectivity index (χ3v) is 3.55. The maximum absolute atomic E-state index is 12.2. The van der Waals surface area contributed by atoms with E-state index in [1.54, 1.807) is 0 Å². The predicted molar refractivity (Wildman–Crippen MR) is 74.9 cm³/mol. The molecular formula is C15H22N2O. The van der Waals surface area contributed by atoms with E-state index < -0.39 is 0 Å². The zero-order chi connectivity index (χ0) is 13.1. The first-order valence-corrected chi connectivity index (χ1v) is 6.73. The molecule has 0 aromatic heterocycles. The monoisotopic (exact) mass is 246 g/mol. The van der Waals surface area contributed by atoms with Crippen molar-refractivity contribution < 1.29 is 4.79 Å². The van der Waals surface area contributed by atoms with Crippen LogP contribution in [0, 0.1) is 6.92 Å². The fraction of sp³-hybridized carbons (Fsp3) is 0.533. The van der Waals surface area contributed by atoms with Crippen LogP contribution in [-0.4, -0.2) is 18.5 Å². The molecule has 0 bridgehead atoms. The Morgan fingerprint density at radius 3 is 2.83 bits per heavy atom. The third-order valence-electron chi connectivity index (χ3n) is 3.55. The summed E-state index contributed by atoms with van der Waals surface area (Å²) in [7, 11) is 0. The summed E-state index contributed by atoms with van der Waals surface area (Å²) < 4.78 is 0. The van der Waals surface area contributed by atoms with Crippen molar-refractivity contribution >= 4 is 11.6 Å². The fourth-order valence-corrected chi connectivity index (χ4v) is 2.46. The highest BCUT2D eigenvalue weighted by Gasteiger charge is 2.23. The number of rotatable bonds is 3. The molecule has 3 heteroatoms. The summed E-state index contributed by atoms with van der Waals surface area (Å²) >= 11 is 0. The Bertz CT molecular complexity index is 434. The van der Waals surface area contributed by atoms with E-state index >= 15 is 0 Å². The van der Waals surface area contributed by atoms with Crippen LogP contribution in [0.25, 0.3) is 0 Å². The van der Waals surface area contributed by atoms with Crippen LogP contribution in [0.4, 0.5) is 5.69 Å². The molecule has 0 spiro atoms. The SMILES string of the molecule is Cc1cccc(C(C)C)c1NC(=O)C1CCCN1. The number of nitrogens with one attached hydrogen (secondary N) is 2. The van der Waals surface area contributed by atoms with Gasteiger partial charge in [-0.25, -0.2) is 0 Å². The number of benzene rings is 1. The van der Waals surface area contributed by atoms with Crippen LogP contribution in [0.5, 0.6) is 0 Å². The Labute approximate surface area is 109 Å². The van der Waals surface area contributed by atoms with Gasteiger partial charge in [-0.2, -0.15) is 0 Å². The Kier molecular flexibility index (Phi) is 4.02. The Morgan fingerprint density at radius 2 is 2.22 bits per heavy atom. The normalized spacial score (nSPS) is 19.2. The van der Waals surface area contributed by atoms with Gasteiger partial charge in [0.1, 0.15) is 0 Å². The highest BCUT2D eigenvalue weighted by atomic mass is 16.2. The van der Waals surface area contributed by atoms with Crippen LogP contribution >= 0.6 is 0 Å². The second kappa shape index (κ2) is 5.53. The van der Waals surface area contributed by atoms with Crippen molar-refractivity contribution in [3.05, 3.63) is 29.3 Å². The molecule has 1 aromatic rings. The molecular weight excluding hydrogens is 224 g/mol. The van der Waals surface area contributed by atoms with Gasteiger partial charge in [0.2, 0.25) is 5.91 Å². The van der Waals surface area contributed by atoms with Crippen molar-refractivity contribution in [2.45, 2.75) is 45.6 Å². The van der Waals surface area contributed by atoms with Crippen LogP contribution in [0.15, 0.2) is 18.2 Å². The van der Waals surface area contributed by atoms with Gasteiger partial charge < -0.3 is 10.6 Å². The first-order chi connectivity index (χ1) is 8.59. The minimum Gasteiger partial charge on any atom is -0.324 e. The van der Waals surface area contributed by atoms with E-state index in [0.29, 0.717) is 5.92 Å². The molecule has 1 aliphatic rings. The van der Waals surface area contributed by atoms with Gasteiger partial charge in [0.15, 0.2) is 0 Å². The summed E-state index contributed by atoms with van der Waals surface area (Å²) in [6, 6.07) is 6.16. The van der Waals surface area contributed by atoms with Gasteiger partial charge in [-0.05, 0) is 43.4 Å². The number of hydrogen-bond acceptors (Lipinski definition) is 2. The van der Waals surface area contributed by atoms with Crippen molar-refractivity contribution in [2.75, 3.05) is 11.9 Å². The highest BCUT2D eigenvalue weighted by Crippen LogP contribution is 2.27. The van der Waals surface area contributed by atoms with Crippen molar-refractivity contribution in [3.63, 3.8) is 0 Å². The number of amides is 1. The van der Waals surface area contributed by atoms with Crippen molar-refractivity contribution in [1.29, 1.82) is 0 Å². The lowest BCUT2D eigenvalue weighted by Crippen LogP contribution is -2.36. The lowest BCUT2D eigenvalue weighted by atomic mass is 9.98. The maximum atomic E-state index is 12.2. The van der Waals surface area contributed by atoms with Crippen molar-refractivity contribution in [1.82, 2.24) is 5.32 Å². The lowest BCUT2D eigenvalue weighted by Gasteiger charge is -2.18. The molecule has 1 saturated heterocycles. The van der Waals surface area contributed by atoms with Gasteiger partial charge in [-0.3, -0.25) is 4.79 Å². The summed E-state index contributed by atoms with van der Waals surface area (Å²) in [6.07, 6.45) is 2.03. The van der Waals surface area contributed by atoms with E-state index in [1.165, 1.54) is 5.56 Å². The summed E-state index contributed by atoms with van der Waals surface area (Å²) in [5.74, 6) is 0.514. The topological polar surface area (TPSA) is 41.1 Å². The second-order valence-electron chi connectivity index (χ2n) is 5.33. The smallest absolute Gasteiger partial charge is 0.241 e. The largest absolute Gasteiger partial charge is 0.324 e. The van der Waals surface area contributed by atoms with Crippen LogP contribution in [-0.2, 0) is 4.79 Å². The summed E-state index contributed by atoms with van der Waals surface area (Å²) in [5.41, 5.74) is 3.33. The van der Waals surface area contributed by atoms with Crippen LogP contribution in [0.3, 0.4) is 0 Å². The number of anilines is 1. The third kappa shape index (κ3) is 2.72. The molecule has 2 rings (SSSR count). The Hall–Kier alpha value is -1.35. The molecule has 0 radical (unpaired) electrons. The van der Waals surface area contributed by atoms with Crippen molar-refractivity contribution in [2.24, 2.45) is 0 Å². The first-order valence-electron chi connectivity index (χ1n) is 6.73. The maximum Gasteiger partial charge on any atom is 0.241 e. The quantitative estimate of drug-likeness (QED) is 0.861. The van der Waals surface area contributed by atoms with Crippen LogP contribution in [0.2, 0.25) is 0 Å². The lowest BCUT2D eigenvalue weighted by molar-refractivity contribution is -0.117. The number of hydrogen-bond donors (Lipinski definition) is 2. The zero-order valence-corrected chi connectivity index (χ0v) is 11.4. The number of carbonyl (C=O) groups is 1. The molecule has 1 heterocycles. The minimum absolute atomic E-state index is 0.0235. The highest BCUT2D eigenvalue weighted by molar-refractivity contribution is 5.96. The van der Waals surface area contributed by atoms with E-state index in [1.807, 2.05) is 19.1 Å². The molecule has 98 valence electrons. The molecule has 1 atom stereocenters. The molecule has 1 amide bonds. The molecule has 3 nitrogen and oxygen atoms in total. The molecule has 1 fully saturated rings. The van der Waals surface area contributed by atoms with E-state index in [-0.39, 0.29) is 11.9 Å². The molecule has 1 aromatic carbocycles. The summed E-state index contributed by atoms with van der Waals surface area (Å²) in [4.78, 5) is 12.2. The van der Waals surface area contributed by atoms with E-state index in [0.717, 1.165) is 30.6 Å². The van der Waals surface area contributed by atoms with E-state index in [4.69, 9.17) is 0 Å². The van der Waals surface area contributed by atoms with E-state index in [2.05, 4.69) is 30.5 Å². The Morgan fingerprint density at radius 1 is 1.44 bits per heavy atom. The number of carbonyl (C=O) groups excluding carboxylic acids is 1. The Balaban J connectivity index is 2.19. The van der Waals surface area contributed by atoms with Gasteiger partial charge in [-0.15, -0.1) is 0 Å². The average molecular weight is 246 g/mol. The van der Waals surface area contributed by atoms with Gasteiger partial charge in [-0.1, -0.05) is 32.0 Å². The number of aryl methyl sites for hydroxylation is 1. The zero-order valence-electron chi connectivity index (χ0n) is 11.4. The number of para-hydroxylation sites is 1. The molecule has 0 aliphatic carbocycles. The van der Waals surface area contributed by atoms with Gasteiger partial charge in [0, 0.05) is 5.69 Å². The molecule has 2 N–H and O–H groups in total. The van der Waals surface area contributed by atoms with Gasteiger partial charge in [0.25, 0.3) is 0 Å². The van der Waals surface area contributed by atoms with Crippen molar-refractivity contribution in [3.8, 4) is 0 Å². The molecule has 1 aliphatic heterocycles.